The normalized spacial score (nSPS) is 11.5. The summed E-state index contributed by atoms with van der Waals surface area (Å²) in [6, 6.07) is 19.4. The summed E-state index contributed by atoms with van der Waals surface area (Å²) in [5, 5.41) is 3.98. The number of ether oxygens (including phenoxy) is 1. The summed E-state index contributed by atoms with van der Waals surface area (Å²) >= 11 is 5.92. The van der Waals surface area contributed by atoms with Crippen LogP contribution in [0.1, 0.15) is 11.1 Å². The van der Waals surface area contributed by atoms with Gasteiger partial charge in [0.05, 0.1) is 23.4 Å². The first-order valence-electron chi connectivity index (χ1n) is 10.3. The number of para-hydroxylation sites is 1. The third-order valence-electron chi connectivity index (χ3n) is 5.30. The maximum Gasteiger partial charge on any atom is 0.244 e. The number of aryl methyl sites for hydroxylation is 1. The Morgan fingerprint density at radius 1 is 1.06 bits per heavy atom. The number of benzene rings is 3. The molecule has 4 aromatic rings. The molecule has 0 saturated carbocycles. The van der Waals surface area contributed by atoms with E-state index in [1.165, 1.54) is 13.3 Å². The predicted molar refractivity (Wildman–Crippen MR) is 131 cm³/mol. The fraction of sp³-hybridized carbons (Fsp3) is 0.160. The van der Waals surface area contributed by atoms with Crippen LogP contribution in [0.2, 0.25) is 5.02 Å². The van der Waals surface area contributed by atoms with E-state index in [0.717, 1.165) is 5.56 Å². The zero-order chi connectivity index (χ0) is 23.6. The Kier molecular flexibility index (Phi) is 6.44. The predicted octanol–water partition coefficient (Wildman–Crippen LogP) is 5.22. The Hall–Kier alpha value is -3.29. The van der Waals surface area contributed by atoms with Crippen LogP contribution >= 0.6 is 11.6 Å². The summed E-state index contributed by atoms with van der Waals surface area (Å²) in [4.78, 5) is 13.0. The molecular weight excluding hydrogens is 460 g/mol. The van der Waals surface area contributed by atoms with Crippen molar-refractivity contribution < 1.29 is 17.9 Å². The Morgan fingerprint density at radius 3 is 2.52 bits per heavy atom. The number of hydrogen-bond acceptors (Lipinski definition) is 4. The van der Waals surface area contributed by atoms with E-state index in [2.05, 4.69) is 5.32 Å². The highest BCUT2D eigenvalue weighted by Crippen LogP contribution is 2.29. The van der Waals surface area contributed by atoms with Crippen molar-refractivity contribution in [2.24, 2.45) is 0 Å². The van der Waals surface area contributed by atoms with Gasteiger partial charge in [0.1, 0.15) is 12.3 Å². The average Bonchev–Trinajstić information content (AvgIpc) is 3.15. The van der Waals surface area contributed by atoms with Crippen LogP contribution in [0.3, 0.4) is 0 Å². The highest BCUT2D eigenvalue weighted by molar-refractivity contribution is 7.90. The fourth-order valence-electron chi connectivity index (χ4n) is 3.73. The number of rotatable bonds is 7. The van der Waals surface area contributed by atoms with Crippen molar-refractivity contribution in [3.63, 3.8) is 0 Å². The molecular formula is C25H23ClN2O4S. The number of carbonyl (C=O) groups excluding carboxylic acids is 1. The molecule has 170 valence electrons. The van der Waals surface area contributed by atoms with E-state index in [9.17, 15) is 13.2 Å². The van der Waals surface area contributed by atoms with E-state index >= 15 is 0 Å². The van der Waals surface area contributed by atoms with Crippen LogP contribution in [0.25, 0.3) is 10.9 Å². The molecule has 33 heavy (non-hydrogen) atoms. The van der Waals surface area contributed by atoms with Crippen LogP contribution in [0.4, 0.5) is 5.69 Å². The SMILES string of the molecule is COc1ccc(C)cc1NC(=O)Cn1cc(S(=O)(=O)Cc2ccc(Cl)cc2)c2ccccc21. The summed E-state index contributed by atoms with van der Waals surface area (Å²) in [5.41, 5.74) is 2.85. The zero-order valence-corrected chi connectivity index (χ0v) is 19.8. The molecule has 0 spiro atoms. The molecule has 6 nitrogen and oxygen atoms in total. The van der Waals surface area contributed by atoms with Crippen LogP contribution < -0.4 is 10.1 Å². The molecule has 0 saturated heterocycles. The third-order valence-corrected chi connectivity index (χ3v) is 7.26. The van der Waals surface area contributed by atoms with E-state index < -0.39 is 9.84 Å². The van der Waals surface area contributed by atoms with Gasteiger partial charge < -0.3 is 14.6 Å². The van der Waals surface area contributed by atoms with Crippen molar-refractivity contribution in [2.45, 2.75) is 24.1 Å². The molecule has 0 radical (unpaired) electrons. The van der Waals surface area contributed by atoms with Gasteiger partial charge in [-0.05, 0) is 48.4 Å². The minimum atomic E-state index is -3.66. The molecule has 0 aliphatic rings. The molecule has 1 amide bonds. The number of anilines is 1. The van der Waals surface area contributed by atoms with E-state index in [4.69, 9.17) is 16.3 Å². The Balaban J connectivity index is 1.64. The first kappa shape index (κ1) is 22.9. The Labute approximate surface area is 197 Å². The van der Waals surface area contributed by atoms with Crippen molar-refractivity contribution >= 4 is 43.9 Å². The number of sulfone groups is 1. The van der Waals surface area contributed by atoms with Gasteiger partial charge >= 0.3 is 0 Å². The van der Waals surface area contributed by atoms with Crippen molar-refractivity contribution in [1.29, 1.82) is 0 Å². The summed E-state index contributed by atoms with van der Waals surface area (Å²) in [6.45, 7) is 1.88. The lowest BCUT2D eigenvalue weighted by Gasteiger charge is -2.12. The highest BCUT2D eigenvalue weighted by atomic mass is 35.5. The minimum absolute atomic E-state index is 0.0475. The first-order chi connectivity index (χ1) is 15.8. The minimum Gasteiger partial charge on any atom is -0.495 e. The van der Waals surface area contributed by atoms with Crippen LogP contribution in [0.15, 0.2) is 77.8 Å². The lowest BCUT2D eigenvalue weighted by atomic mass is 10.2. The van der Waals surface area contributed by atoms with E-state index in [1.54, 1.807) is 53.1 Å². The van der Waals surface area contributed by atoms with Crippen molar-refractivity contribution in [1.82, 2.24) is 4.57 Å². The molecule has 0 atom stereocenters. The lowest BCUT2D eigenvalue weighted by Crippen LogP contribution is -2.18. The summed E-state index contributed by atoms with van der Waals surface area (Å²) in [6.07, 6.45) is 1.53. The number of nitrogens with one attached hydrogen (secondary N) is 1. The lowest BCUT2D eigenvalue weighted by molar-refractivity contribution is -0.116. The maximum absolute atomic E-state index is 13.2. The van der Waals surface area contributed by atoms with Gasteiger partial charge in [-0.2, -0.15) is 0 Å². The molecule has 1 N–H and O–H groups in total. The van der Waals surface area contributed by atoms with Gasteiger partial charge in [0.15, 0.2) is 9.84 Å². The van der Waals surface area contributed by atoms with Crippen molar-refractivity contribution in [2.75, 3.05) is 12.4 Å². The van der Waals surface area contributed by atoms with E-state index in [0.29, 0.717) is 32.9 Å². The molecule has 0 aliphatic carbocycles. The van der Waals surface area contributed by atoms with Gasteiger partial charge in [-0.1, -0.05) is 48.0 Å². The third kappa shape index (κ3) is 5.05. The summed E-state index contributed by atoms with van der Waals surface area (Å²) in [5.74, 6) is 0.101. The summed E-state index contributed by atoms with van der Waals surface area (Å²) in [7, 11) is -2.12. The fourth-order valence-corrected chi connectivity index (χ4v) is 5.44. The second kappa shape index (κ2) is 9.29. The molecule has 1 aromatic heterocycles. The van der Waals surface area contributed by atoms with Crippen LogP contribution in [-0.2, 0) is 26.9 Å². The number of hydrogen-bond donors (Lipinski definition) is 1. The quantitative estimate of drug-likeness (QED) is 0.391. The maximum atomic E-state index is 13.2. The van der Waals surface area contributed by atoms with Gasteiger partial charge in [-0.3, -0.25) is 4.79 Å². The van der Waals surface area contributed by atoms with Gasteiger partial charge in [-0.15, -0.1) is 0 Å². The Bertz CT molecular complexity index is 1430. The monoisotopic (exact) mass is 482 g/mol. The van der Waals surface area contributed by atoms with Crippen molar-refractivity contribution in [3.05, 3.63) is 89.1 Å². The van der Waals surface area contributed by atoms with Gasteiger partial charge in [0.25, 0.3) is 0 Å². The van der Waals surface area contributed by atoms with Gasteiger partial charge in [-0.25, -0.2) is 8.42 Å². The van der Waals surface area contributed by atoms with Crippen LogP contribution in [0, 0.1) is 6.92 Å². The molecule has 1 heterocycles. The number of halogens is 1. The largest absolute Gasteiger partial charge is 0.495 e. The van der Waals surface area contributed by atoms with E-state index in [-0.39, 0.29) is 23.1 Å². The molecule has 8 heteroatoms. The zero-order valence-electron chi connectivity index (χ0n) is 18.2. The molecule has 3 aromatic carbocycles. The number of carbonyl (C=O) groups is 1. The standard InChI is InChI=1S/C25H23ClN2O4S/c1-17-7-12-23(32-2)21(13-17)27-25(29)15-28-14-24(20-5-3-4-6-22(20)28)33(30,31)16-18-8-10-19(26)11-9-18/h3-14H,15-16H2,1-2H3,(H,27,29). The summed E-state index contributed by atoms with van der Waals surface area (Å²) < 4.78 is 33.5. The number of nitrogens with zero attached hydrogens (tertiary/aromatic N) is 1. The smallest absolute Gasteiger partial charge is 0.244 e. The van der Waals surface area contributed by atoms with Crippen molar-refractivity contribution in [3.8, 4) is 5.75 Å². The van der Waals surface area contributed by atoms with Crippen LogP contribution in [0.5, 0.6) is 5.75 Å². The number of fused-ring (bicyclic) bond motifs is 1. The Morgan fingerprint density at radius 2 is 1.79 bits per heavy atom. The molecule has 0 unspecified atom stereocenters. The first-order valence-corrected chi connectivity index (χ1v) is 12.3. The molecule has 0 aliphatic heterocycles. The van der Waals surface area contributed by atoms with E-state index in [1.807, 2.05) is 25.1 Å². The topological polar surface area (TPSA) is 77.4 Å². The average molecular weight is 483 g/mol. The van der Waals surface area contributed by atoms with Crippen LogP contribution in [-0.4, -0.2) is 26.0 Å². The van der Waals surface area contributed by atoms with Gasteiger partial charge in [0.2, 0.25) is 5.91 Å². The second-order valence-corrected chi connectivity index (χ2v) is 10.2. The van der Waals surface area contributed by atoms with Gasteiger partial charge in [0, 0.05) is 22.1 Å². The number of methoxy groups -OCH3 is 1. The second-order valence-electron chi connectivity index (χ2n) is 7.78. The molecule has 0 fully saturated rings. The molecule has 0 bridgehead atoms. The molecule has 4 rings (SSSR count). The number of aromatic nitrogens is 1. The number of amides is 1. The highest BCUT2D eigenvalue weighted by Gasteiger charge is 2.22.